The van der Waals surface area contributed by atoms with Gasteiger partial charge in [-0.2, -0.15) is 11.3 Å². The minimum absolute atomic E-state index is 0.108. The number of thiophene rings is 1. The zero-order valence-electron chi connectivity index (χ0n) is 21.8. The molecule has 0 fully saturated rings. The van der Waals surface area contributed by atoms with Gasteiger partial charge < -0.3 is 25.4 Å². The molecule has 0 radical (unpaired) electrons. The van der Waals surface area contributed by atoms with Crippen LogP contribution in [-0.2, 0) is 9.59 Å². The number of hydrogen-bond acceptors (Lipinski definition) is 7. The molecule has 4 aromatic rings. The molecule has 10 heteroatoms. The van der Waals surface area contributed by atoms with Gasteiger partial charge in [-0.05, 0) is 70.9 Å². The lowest BCUT2D eigenvalue weighted by Crippen LogP contribution is -2.30. The van der Waals surface area contributed by atoms with Crippen LogP contribution < -0.4 is 25.4 Å². The fourth-order valence-corrected chi connectivity index (χ4v) is 4.95. The van der Waals surface area contributed by atoms with E-state index in [0.717, 1.165) is 10.5 Å². The van der Waals surface area contributed by atoms with E-state index in [1.807, 2.05) is 29.0 Å². The smallest absolute Gasteiger partial charge is 0.272 e. The summed E-state index contributed by atoms with van der Waals surface area (Å²) < 4.78 is 10.5. The molecule has 204 valence electrons. The van der Waals surface area contributed by atoms with Gasteiger partial charge in [-0.3, -0.25) is 14.4 Å². The highest BCUT2D eigenvalue weighted by molar-refractivity contribution is 8.00. The molecule has 1 heterocycles. The first-order valence-corrected chi connectivity index (χ1v) is 14.0. The molecule has 3 amide bonds. The Balaban J connectivity index is 1.41. The van der Waals surface area contributed by atoms with Crippen LogP contribution >= 0.6 is 23.1 Å². The minimum Gasteiger partial charge on any atom is -0.497 e. The largest absolute Gasteiger partial charge is 0.497 e. The molecular weight excluding hydrogens is 546 g/mol. The molecule has 0 aliphatic heterocycles. The molecule has 3 N–H and O–H groups in total. The third kappa shape index (κ3) is 7.98. The van der Waals surface area contributed by atoms with Crippen molar-refractivity contribution in [3.63, 3.8) is 0 Å². The Kier molecular flexibility index (Phi) is 9.98. The highest BCUT2D eigenvalue weighted by Gasteiger charge is 2.16. The molecule has 0 aliphatic rings. The molecule has 0 aliphatic carbocycles. The lowest BCUT2D eigenvalue weighted by Gasteiger charge is -2.13. The van der Waals surface area contributed by atoms with Gasteiger partial charge >= 0.3 is 0 Å². The molecule has 1 aromatic heterocycles. The number of rotatable bonds is 11. The van der Waals surface area contributed by atoms with E-state index in [9.17, 15) is 14.4 Å². The van der Waals surface area contributed by atoms with Crippen LogP contribution in [0.5, 0.6) is 11.5 Å². The Morgan fingerprint density at radius 1 is 0.900 bits per heavy atom. The molecule has 3 aromatic carbocycles. The SMILES string of the molecule is COc1ccc(OC)c(NC(=O)CSc2cccc(NC(=O)/C(=C/c3ccsc3)NC(=O)c3ccccc3)c2)c1. The molecule has 0 saturated carbocycles. The average Bonchev–Trinajstić information content (AvgIpc) is 3.49. The second-order valence-corrected chi connectivity index (χ2v) is 10.1. The van der Waals surface area contributed by atoms with Crippen molar-refractivity contribution in [2.75, 3.05) is 30.6 Å². The van der Waals surface area contributed by atoms with Gasteiger partial charge in [0, 0.05) is 22.2 Å². The van der Waals surface area contributed by atoms with Gasteiger partial charge in [0.05, 0.1) is 25.7 Å². The minimum atomic E-state index is -0.472. The second-order valence-electron chi connectivity index (χ2n) is 8.32. The summed E-state index contributed by atoms with van der Waals surface area (Å²) >= 11 is 2.80. The summed E-state index contributed by atoms with van der Waals surface area (Å²) in [6.45, 7) is 0. The Labute approximate surface area is 240 Å². The van der Waals surface area contributed by atoms with Gasteiger partial charge in [-0.1, -0.05) is 24.3 Å². The van der Waals surface area contributed by atoms with Crippen LogP contribution in [0.15, 0.2) is 100 Å². The summed E-state index contributed by atoms with van der Waals surface area (Å²) in [6, 6.07) is 22.8. The van der Waals surface area contributed by atoms with Crippen molar-refractivity contribution >= 4 is 58.3 Å². The number of thioether (sulfide) groups is 1. The van der Waals surface area contributed by atoms with Gasteiger partial charge in [0.15, 0.2) is 0 Å². The van der Waals surface area contributed by atoms with E-state index in [0.29, 0.717) is 28.4 Å². The maximum atomic E-state index is 13.2. The first kappa shape index (κ1) is 28.5. The van der Waals surface area contributed by atoms with Crippen molar-refractivity contribution < 1.29 is 23.9 Å². The first-order valence-electron chi connectivity index (χ1n) is 12.1. The van der Waals surface area contributed by atoms with E-state index >= 15 is 0 Å². The Morgan fingerprint density at radius 2 is 1.73 bits per heavy atom. The molecule has 0 unspecified atom stereocenters. The summed E-state index contributed by atoms with van der Waals surface area (Å²) in [4.78, 5) is 39.4. The number of carbonyl (C=O) groups is 3. The third-order valence-corrected chi connectivity index (χ3v) is 7.22. The predicted molar refractivity (Wildman–Crippen MR) is 160 cm³/mol. The van der Waals surface area contributed by atoms with Crippen molar-refractivity contribution in [1.29, 1.82) is 0 Å². The van der Waals surface area contributed by atoms with Crippen LogP contribution in [0.4, 0.5) is 11.4 Å². The molecular formula is C30H27N3O5S2. The van der Waals surface area contributed by atoms with Crippen molar-refractivity contribution in [2.45, 2.75) is 4.90 Å². The third-order valence-electron chi connectivity index (χ3n) is 5.53. The predicted octanol–water partition coefficient (Wildman–Crippen LogP) is 5.91. The molecule has 0 atom stereocenters. The van der Waals surface area contributed by atoms with Crippen molar-refractivity contribution in [3.8, 4) is 11.5 Å². The van der Waals surface area contributed by atoms with Gasteiger partial charge in [0.25, 0.3) is 11.8 Å². The maximum Gasteiger partial charge on any atom is 0.272 e. The van der Waals surface area contributed by atoms with Crippen LogP contribution in [0, 0.1) is 0 Å². The lowest BCUT2D eigenvalue weighted by molar-refractivity contribution is -0.114. The summed E-state index contributed by atoms with van der Waals surface area (Å²) in [5.74, 6) is 0.166. The lowest BCUT2D eigenvalue weighted by atomic mass is 10.2. The fraction of sp³-hybridized carbons (Fsp3) is 0.100. The monoisotopic (exact) mass is 573 g/mol. The number of nitrogens with one attached hydrogen (secondary N) is 3. The van der Waals surface area contributed by atoms with Crippen LogP contribution in [0.1, 0.15) is 15.9 Å². The zero-order chi connectivity index (χ0) is 28.3. The number of benzene rings is 3. The van der Waals surface area contributed by atoms with Crippen molar-refractivity contribution in [1.82, 2.24) is 5.32 Å². The van der Waals surface area contributed by atoms with Gasteiger partial charge in [-0.25, -0.2) is 0 Å². The van der Waals surface area contributed by atoms with E-state index in [4.69, 9.17) is 9.47 Å². The first-order chi connectivity index (χ1) is 19.4. The normalized spacial score (nSPS) is 10.9. The van der Waals surface area contributed by atoms with E-state index < -0.39 is 5.91 Å². The summed E-state index contributed by atoms with van der Waals surface area (Å²) in [5, 5.41) is 12.2. The van der Waals surface area contributed by atoms with Gasteiger partial charge in [-0.15, -0.1) is 11.8 Å². The molecule has 0 bridgehead atoms. The average molecular weight is 574 g/mol. The zero-order valence-corrected chi connectivity index (χ0v) is 23.4. The van der Waals surface area contributed by atoms with Crippen LogP contribution in [-0.4, -0.2) is 37.7 Å². The number of amides is 3. The van der Waals surface area contributed by atoms with Gasteiger partial charge in [0.2, 0.25) is 5.91 Å². The molecule has 4 rings (SSSR count). The number of anilines is 2. The Morgan fingerprint density at radius 3 is 2.45 bits per heavy atom. The number of methoxy groups -OCH3 is 2. The molecule has 40 heavy (non-hydrogen) atoms. The molecule has 0 spiro atoms. The van der Waals surface area contributed by atoms with Crippen LogP contribution in [0.2, 0.25) is 0 Å². The fourth-order valence-electron chi connectivity index (χ4n) is 3.58. The van der Waals surface area contributed by atoms with Crippen LogP contribution in [0.25, 0.3) is 6.08 Å². The van der Waals surface area contributed by atoms with Crippen LogP contribution in [0.3, 0.4) is 0 Å². The topological polar surface area (TPSA) is 106 Å². The standard InChI is InChI=1S/C30H27N3O5S2/c1-37-23-11-12-27(38-2)25(17-23)32-28(34)19-40-24-10-6-9-22(16-24)31-30(36)26(15-20-13-14-39-18-20)33-29(35)21-7-4-3-5-8-21/h3-18H,19H2,1-2H3,(H,31,36)(H,32,34)(H,33,35)/b26-15-. The second kappa shape index (κ2) is 14.0. The highest BCUT2D eigenvalue weighted by atomic mass is 32.2. The quantitative estimate of drug-likeness (QED) is 0.152. The summed E-state index contributed by atoms with van der Waals surface area (Å²) in [5.41, 5.74) is 2.38. The molecule has 8 nitrogen and oxygen atoms in total. The van der Waals surface area contributed by atoms with E-state index in [2.05, 4.69) is 16.0 Å². The summed E-state index contributed by atoms with van der Waals surface area (Å²) in [7, 11) is 3.08. The van der Waals surface area contributed by atoms with E-state index in [-0.39, 0.29) is 23.3 Å². The van der Waals surface area contributed by atoms with Crippen molar-refractivity contribution in [2.24, 2.45) is 0 Å². The Hall–Kier alpha value is -4.54. The maximum absolute atomic E-state index is 13.2. The van der Waals surface area contributed by atoms with Crippen molar-refractivity contribution in [3.05, 3.63) is 106 Å². The Bertz CT molecular complexity index is 1510. The number of ether oxygens (including phenoxy) is 2. The van der Waals surface area contributed by atoms with E-state index in [1.54, 1.807) is 73.8 Å². The van der Waals surface area contributed by atoms with E-state index in [1.165, 1.54) is 30.2 Å². The summed E-state index contributed by atoms with van der Waals surface area (Å²) in [6.07, 6.45) is 1.63. The number of hydrogen-bond donors (Lipinski definition) is 3. The van der Waals surface area contributed by atoms with Gasteiger partial charge in [0.1, 0.15) is 17.2 Å². The molecule has 0 saturated heterocycles. The highest BCUT2D eigenvalue weighted by Crippen LogP contribution is 2.29. The number of carbonyl (C=O) groups excluding carboxylic acids is 3.